The molecule has 6 aliphatic heterocycles. The standard InChI is InChI=1S/C23H28N6.C23H26N4O2.C22H20N6O2.C18H22N6/c1-14-28(20-6-2-18(3-7-20)22-24-10-11-25-22)16-17-29(15-1)21-8-4-19(5-9-21)23-26-12-13-27-23;1-5-20(6-2-16(1)22-24-9-10-25-22)28-14-18-13-19(18)15-29-21-7-3-17(4-8-21)23-26-11-12-27-23;23-19(24)13-4-8-17(9-5-13)27-21(29)15-2-1-3-16(12-15)22(30)28-18-10-6-14(7-11-18)20(25)26;19-17(20)13-1-5-15(6-2-13)23-9-11-24(12-10-23)16-7-3-14(4-8-16)18(21)22/h2-9H,1,10-17H2,(H,24,25)(H,26,27);1-8,18-19H,9-15H2,(H,24,25)(H,26,27);1-12H,(H3,23,24)(H3,25,26)(H,27,29)(H,28,30);1-8H,9-12H2,(H3,19,20)(H3,21,22)/t;18-,19?;;/m.0../s1. The van der Waals surface area contributed by atoms with Crippen molar-refractivity contribution in [2.75, 3.05) is 148 Å². The first-order chi connectivity index (χ1) is 54.6. The number of hydrogen-bond donors (Lipinski definition) is 14. The van der Waals surface area contributed by atoms with Gasteiger partial charge in [-0.15, -0.1) is 0 Å². The quantitative estimate of drug-likeness (QED) is 0.0222. The third-order valence-electron chi connectivity index (χ3n) is 20.1. The van der Waals surface area contributed by atoms with E-state index in [-0.39, 0.29) is 35.2 Å². The number of benzene rings is 9. The van der Waals surface area contributed by atoms with Crippen LogP contribution in [0, 0.1) is 33.5 Å². The number of rotatable bonds is 22. The average molecular weight is 1500 g/mol. The van der Waals surface area contributed by atoms with Crippen LogP contribution in [0.25, 0.3) is 0 Å². The van der Waals surface area contributed by atoms with Crippen LogP contribution >= 0.6 is 0 Å². The summed E-state index contributed by atoms with van der Waals surface area (Å²) in [5.41, 5.74) is 35.7. The lowest BCUT2D eigenvalue weighted by Gasteiger charge is -2.37. The van der Waals surface area contributed by atoms with Gasteiger partial charge in [0, 0.05) is 168 Å². The Labute approximate surface area is 652 Å². The highest BCUT2D eigenvalue weighted by atomic mass is 16.5. The zero-order valence-corrected chi connectivity index (χ0v) is 62.6. The first-order valence-corrected chi connectivity index (χ1v) is 37.9. The number of carbonyl (C=O) groups is 2. The third kappa shape index (κ3) is 20.8. The Morgan fingerprint density at radius 3 is 0.902 bits per heavy atom. The number of nitrogens with zero attached hydrogens (tertiary/aromatic N) is 8. The molecular weight excluding hydrogens is 1410 g/mol. The minimum absolute atomic E-state index is 0.0532. The molecule has 9 aromatic carbocycles. The fraction of sp³-hybridized carbons (Fsp3) is 0.256. The van der Waals surface area contributed by atoms with Crippen LogP contribution in [-0.2, 0) is 0 Å². The summed E-state index contributed by atoms with van der Waals surface area (Å²) in [5, 5.41) is 48.4. The summed E-state index contributed by atoms with van der Waals surface area (Å²) in [5.74, 6) is 6.35. The number of amides is 2. The Balaban J connectivity index is 0.000000131. The molecule has 0 radical (unpaired) electrons. The number of anilines is 6. The number of nitrogens with one attached hydrogen (secondary N) is 10. The van der Waals surface area contributed by atoms with E-state index in [1.807, 2.05) is 72.8 Å². The number of carbonyl (C=O) groups excluding carboxylic acids is 2. The molecule has 2 saturated heterocycles. The summed E-state index contributed by atoms with van der Waals surface area (Å²) in [4.78, 5) is 52.6. The molecule has 0 aromatic heterocycles. The van der Waals surface area contributed by atoms with E-state index in [4.69, 9.17) is 54.0 Å². The van der Waals surface area contributed by atoms with Crippen molar-refractivity contribution in [3.63, 3.8) is 0 Å². The van der Waals surface area contributed by atoms with E-state index in [9.17, 15) is 9.59 Å². The monoisotopic (exact) mass is 1500 g/mol. The fourth-order valence-electron chi connectivity index (χ4n) is 13.6. The van der Waals surface area contributed by atoms with Gasteiger partial charge in [-0.1, -0.05) is 6.07 Å². The lowest BCUT2D eigenvalue weighted by atomic mass is 10.1. The molecular formula is C86H96N22O4. The largest absolute Gasteiger partial charge is 0.493 e. The molecule has 112 heavy (non-hydrogen) atoms. The van der Waals surface area contributed by atoms with Gasteiger partial charge in [0.1, 0.15) is 58.2 Å². The maximum absolute atomic E-state index is 12.5. The number of nitrogen functional groups attached to an aromatic ring is 4. The van der Waals surface area contributed by atoms with E-state index in [0.717, 1.165) is 199 Å². The first kappa shape index (κ1) is 76.7. The topological polar surface area (TPSA) is 387 Å². The van der Waals surface area contributed by atoms with Crippen LogP contribution in [0.3, 0.4) is 0 Å². The lowest BCUT2D eigenvalue weighted by molar-refractivity contribution is 0.102. The molecule has 2 amide bonds. The van der Waals surface area contributed by atoms with Crippen LogP contribution in [0.4, 0.5) is 34.1 Å². The summed E-state index contributed by atoms with van der Waals surface area (Å²) in [6, 6.07) is 69.2. The Kier molecular flexibility index (Phi) is 25.4. The SMILES string of the molecule is N=C(N)c1ccc(N2CCN(c3ccc(C(=N)N)cc3)CC2)cc1.N=C(N)c1ccc(NC(=O)c2cccc(C(=O)Nc3ccc(C(=N)N)cc3)c2)cc1.c1cc(C2=NCCN2)ccc1OCC1C[C@H]1COc1ccc(C2=NCCN2)cc1.c1cc(N2CCCN(c3ccc(C4=NCCN4)cc3)CC2)ccc1C1=NCCN1. The molecule has 7 aliphatic rings. The van der Waals surface area contributed by atoms with E-state index in [2.05, 4.69) is 144 Å². The molecule has 1 aliphatic carbocycles. The van der Waals surface area contributed by atoms with Gasteiger partial charge in [0.2, 0.25) is 0 Å². The van der Waals surface area contributed by atoms with Gasteiger partial charge in [-0.3, -0.25) is 51.2 Å². The van der Waals surface area contributed by atoms with Gasteiger partial charge in [0.05, 0.1) is 39.4 Å². The molecule has 26 heteroatoms. The first-order valence-electron chi connectivity index (χ1n) is 37.9. The van der Waals surface area contributed by atoms with Gasteiger partial charge in [0.25, 0.3) is 11.8 Å². The molecule has 1 saturated carbocycles. The Bertz CT molecular complexity index is 4590. The van der Waals surface area contributed by atoms with Crippen LogP contribution < -0.4 is 83.9 Å². The molecule has 0 spiro atoms. The molecule has 3 fully saturated rings. The molecule has 0 bridgehead atoms. The normalized spacial score (nSPS) is 16.6. The predicted molar refractivity (Wildman–Crippen MR) is 452 cm³/mol. The number of ether oxygens (including phenoxy) is 2. The lowest BCUT2D eigenvalue weighted by Crippen LogP contribution is -2.46. The second-order valence-electron chi connectivity index (χ2n) is 27.8. The molecule has 1 unspecified atom stereocenters. The fourth-order valence-corrected chi connectivity index (χ4v) is 13.6. The maximum Gasteiger partial charge on any atom is 0.255 e. The van der Waals surface area contributed by atoms with Crippen molar-refractivity contribution < 1.29 is 19.1 Å². The van der Waals surface area contributed by atoms with Gasteiger partial charge < -0.3 is 83.9 Å². The van der Waals surface area contributed by atoms with Crippen molar-refractivity contribution in [3.05, 3.63) is 274 Å². The summed E-state index contributed by atoms with van der Waals surface area (Å²) >= 11 is 0. The number of piperazine rings is 1. The minimum atomic E-state index is -0.369. The van der Waals surface area contributed by atoms with Crippen LogP contribution in [0.5, 0.6) is 11.5 Å². The highest BCUT2D eigenvalue weighted by Crippen LogP contribution is 2.39. The summed E-state index contributed by atoms with van der Waals surface area (Å²) in [6.45, 7) is 16.7. The number of nitrogens with two attached hydrogens (primary N) is 4. The smallest absolute Gasteiger partial charge is 0.255 e. The molecule has 574 valence electrons. The van der Waals surface area contributed by atoms with Crippen molar-refractivity contribution in [1.29, 1.82) is 21.6 Å². The third-order valence-corrected chi connectivity index (χ3v) is 20.1. The van der Waals surface area contributed by atoms with Crippen molar-refractivity contribution in [2.45, 2.75) is 12.8 Å². The van der Waals surface area contributed by atoms with E-state index in [0.29, 0.717) is 45.5 Å². The minimum Gasteiger partial charge on any atom is -0.493 e. The van der Waals surface area contributed by atoms with Crippen molar-refractivity contribution in [3.8, 4) is 11.5 Å². The Hall–Kier alpha value is -13.5. The zero-order chi connectivity index (χ0) is 77.7. The second kappa shape index (κ2) is 37.1. The summed E-state index contributed by atoms with van der Waals surface area (Å²) in [6.07, 6.45) is 2.32. The highest BCUT2D eigenvalue weighted by molar-refractivity contribution is 6.09. The number of aliphatic imine (C=N–C) groups is 4. The molecule has 6 heterocycles. The maximum atomic E-state index is 12.5. The predicted octanol–water partition coefficient (Wildman–Crippen LogP) is 8.92. The van der Waals surface area contributed by atoms with Crippen LogP contribution in [0.15, 0.2) is 238 Å². The highest BCUT2D eigenvalue weighted by Gasteiger charge is 2.38. The van der Waals surface area contributed by atoms with E-state index < -0.39 is 0 Å². The van der Waals surface area contributed by atoms with Gasteiger partial charge in [-0.2, -0.15) is 0 Å². The summed E-state index contributed by atoms with van der Waals surface area (Å²) in [7, 11) is 0. The molecule has 26 nitrogen and oxygen atoms in total. The van der Waals surface area contributed by atoms with E-state index in [1.54, 1.807) is 66.7 Å². The van der Waals surface area contributed by atoms with Crippen molar-refractivity contribution >= 4 is 92.6 Å². The van der Waals surface area contributed by atoms with Crippen molar-refractivity contribution in [1.82, 2.24) is 21.3 Å². The van der Waals surface area contributed by atoms with Crippen LogP contribution in [0.1, 0.15) is 78.1 Å². The Morgan fingerprint density at radius 2 is 0.625 bits per heavy atom. The molecule has 2 atom stereocenters. The average Bonchev–Trinajstić information content (AvgIpc) is 1.86. The van der Waals surface area contributed by atoms with Gasteiger partial charge >= 0.3 is 0 Å². The van der Waals surface area contributed by atoms with Gasteiger partial charge in [-0.25, -0.2) is 0 Å². The second-order valence-corrected chi connectivity index (χ2v) is 27.8. The number of hydrogen-bond acceptors (Lipinski definition) is 20. The van der Waals surface area contributed by atoms with Gasteiger partial charge in [-0.05, 0) is 237 Å². The molecule has 9 aromatic rings. The van der Waals surface area contributed by atoms with Crippen LogP contribution in [0.2, 0.25) is 0 Å². The van der Waals surface area contributed by atoms with E-state index >= 15 is 0 Å². The van der Waals surface area contributed by atoms with E-state index in [1.165, 1.54) is 28.6 Å². The summed E-state index contributed by atoms with van der Waals surface area (Å²) < 4.78 is 11.9. The van der Waals surface area contributed by atoms with Crippen LogP contribution in [-0.4, -0.2) is 176 Å². The van der Waals surface area contributed by atoms with Crippen molar-refractivity contribution in [2.24, 2.45) is 54.7 Å². The Morgan fingerprint density at radius 1 is 0.357 bits per heavy atom. The molecule has 16 rings (SSSR count). The van der Waals surface area contributed by atoms with Gasteiger partial charge in [0.15, 0.2) is 0 Å². The number of amidine groups is 8. The zero-order valence-electron chi connectivity index (χ0n) is 62.6. The molecule has 18 N–H and O–H groups in total.